The number of nitro benzene ring substituents is 1. The molecule has 0 aliphatic carbocycles. The van der Waals surface area contributed by atoms with E-state index in [1.165, 1.54) is 30.5 Å². The summed E-state index contributed by atoms with van der Waals surface area (Å²) in [4.78, 5) is 33.8. The topological polar surface area (TPSA) is 114 Å². The monoisotopic (exact) mass is 388 g/mol. The van der Waals surface area contributed by atoms with Gasteiger partial charge in [0.05, 0.1) is 11.1 Å². The summed E-state index contributed by atoms with van der Waals surface area (Å²) in [5.74, 6) is -0.718. The van der Waals surface area contributed by atoms with Crippen LogP contribution in [0, 0.1) is 10.1 Å². The molecule has 0 saturated carbocycles. The van der Waals surface area contributed by atoms with E-state index in [0.717, 1.165) is 5.56 Å². The molecule has 0 aliphatic rings. The van der Waals surface area contributed by atoms with Crippen molar-refractivity contribution in [2.24, 2.45) is 5.10 Å². The van der Waals surface area contributed by atoms with Crippen molar-refractivity contribution in [2.75, 3.05) is 6.54 Å². The van der Waals surface area contributed by atoms with Crippen molar-refractivity contribution in [3.63, 3.8) is 0 Å². The molecule has 2 amide bonds. The predicted molar refractivity (Wildman–Crippen MR) is 102 cm³/mol. The second kappa shape index (κ2) is 10.0. The van der Waals surface area contributed by atoms with Crippen LogP contribution in [0.2, 0.25) is 5.02 Å². The minimum Gasteiger partial charge on any atom is -0.352 e. The number of hydrogen-bond acceptors (Lipinski definition) is 5. The molecular formula is C18H17ClN4O4. The first-order valence-corrected chi connectivity index (χ1v) is 8.43. The Labute approximate surface area is 160 Å². The fraction of sp³-hybridized carbons (Fsp3) is 0.167. The fourth-order valence-corrected chi connectivity index (χ4v) is 2.22. The Bertz CT molecular complexity index is 853. The Balaban J connectivity index is 1.69. The lowest BCUT2D eigenvalue weighted by atomic mass is 10.2. The number of hydrazone groups is 1. The molecule has 0 heterocycles. The quantitative estimate of drug-likeness (QED) is 0.313. The molecule has 0 aliphatic heterocycles. The summed E-state index contributed by atoms with van der Waals surface area (Å²) in [5.41, 5.74) is 3.23. The van der Waals surface area contributed by atoms with Crippen molar-refractivity contribution in [1.29, 1.82) is 0 Å². The summed E-state index contributed by atoms with van der Waals surface area (Å²) in [6.07, 6.45) is 2.08. The van der Waals surface area contributed by atoms with Crippen LogP contribution in [0.1, 0.15) is 28.8 Å². The van der Waals surface area contributed by atoms with E-state index in [1.807, 2.05) is 0 Å². The highest BCUT2D eigenvalue weighted by atomic mass is 35.5. The standard InChI is InChI=1S/C18H17ClN4O4/c19-15-8-6-13(7-9-15)12-21-22-17(24)5-2-10-20-18(25)14-3-1-4-16(11-14)23(26)27/h1,3-4,6-9,11-12H,2,5,10H2,(H,20,25)(H,22,24). The second-order valence-corrected chi connectivity index (χ2v) is 5.95. The number of non-ortho nitro benzene ring substituents is 1. The number of benzene rings is 2. The molecule has 0 unspecified atom stereocenters. The molecule has 9 heteroatoms. The van der Waals surface area contributed by atoms with Crippen LogP contribution >= 0.6 is 11.6 Å². The molecule has 0 bridgehead atoms. The maximum absolute atomic E-state index is 11.9. The van der Waals surface area contributed by atoms with Gasteiger partial charge in [0.15, 0.2) is 0 Å². The van der Waals surface area contributed by atoms with E-state index >= 15 is 0 Å². The van der Waals surface area contributed by atoms with Crippen LogP contribution in [0.3, 0.4) is 0 Å². The van der Waals surface area contributed by atoms with Gasteiger partial charge in [-0.3, -0.25) is 19.7 Å². The molecule has 140 valence electrons. The molecule has 0 radical (unpaired) electrons. The third kappa shape index (κ3) is 6.87. The molecule has 0 fully saturated rings. The van der Waals surface area contributed by atoms with Gasteiger partial charge in [0.25, 0.3) is 11.6 Å². The lowest BCUT2D eigenvalue weighted by molar-refractivity contribution is -0.384. The van der Waals surface area contributed by atoms with Crippen LogP contribution in [-0.2, 0) is 4.79 Å². The zero-order chi connectivity index (χ0) is 19.6. The zero-order valence-electron chi connectivity index (χ0n) is 14.2. The van der Waals surface area contributed by atoms with Crippen molar-refractivity contribution in [3.05, 3.63) is 74.8 Å². The lowest BCUT2D eigenvalue weighted by Crippen LogP contribution is -2.26. The molecular weight excluding hydrogens is 372 g/mol. The molecule has 0 spiro atoms. The second-order valence-electron chi connectivity index (χ2n) is 5.51. The maximum atomic E-state index is 11.9. The SMILES string of the molecule is O=C(CCCNC(=O)c1cccc([N+](=O)[O-])c1)NN=Cc1ccc(Cl)cc1. The maximum Gasteiger partial charge on any atom is 0.270 e. The van der Waals surface area contributed by atoms with E-state index in [0.29, 0.717) is 11.4 Å². The van der Waals surface area contributed by atoms with Gasteiger partial charge in [-0.05, 0) is 30.2 Å². The molecule has 0 saturated heterocycles. The van der Waals surface area contributed by atoms with Gasteiger partial charge in [-0.1, -0.05) is 29.8 Å². The molecule has 2 rings (SSSR count). The molecule has 0 atom stereocenters. The molecule has 8 nitrogen and oxygen atoms in total. The van der Waals surface area contributed by atoms with E-state index in [1.54, 1.807) is 24.3 Å². The van der Waals surface area contributed by atoms with Crippen molar-refractivity contribution in [2.45, 2.75) is 12.8 Å². The van der Waals surface area contributed by atoms with Gasteiger partial charge in [0, 0.05) is 35.7 Å². The molecule has 0 aromatic heterocycles. The van der Waals surface area contributed by atoms with Gasteiger partial charge in [-0.15, -0.1) is 0 Å². The summed E-state index contributed by atoms with van der Waals surface area (Å²) in [6.45, 7) is 0.260. The number of rotatable bonds is 8. The van der Waals surface area contributed by atoms with Crippen LogP contribution < -0.4 is 10.7 Å². The summed E-state index contributed by atoms with van der Waals surface area (Å²) >= 11 is 5.78. The van der Waals surface area contributed by atoms with Gasteiger partial charge in [-0.2, -0.15) is 5.10 Å². The number of halogens is 1. The van der Waals surface area contributed by atoms with E-state index in [-0.39, 0.29) is 30.1 Å². The average Bonchev–Trinajstić information content (AvgIpc) is 2.66. The Morgan fingerprint density at radius 2 is 1.93 bits per heavy atom. The van der Waals surface area contributed by atoms with Gasteiger partial charge < -0.3 is 5.32 Å². The van der Waals surface area contributed by atoms with Crippen LogP contribution in [0.5, 0.6) is 0 Å². The Kier molecular flexibility index (Phi) is 7.45. The van der Waals surface area contributed by atoms with Gasteiger partial charge in [0.1, 0.15) is 0 Å². The number of carbonyl (C=O) groups excluding carboxylic acids is 2. The highest BCUT2D eigenvalue weighted by molar-refractivity contribution is 6.30. The molecule has 27 heavy (non-hydrogen) atoms. The largest absolute Gasteiger partial charge is 0.352 e. The summed E-state index contributed by atoms with van der Waals surface area (Å²) in [7, 11) is 0. The van der Waals surface area contributed by atoms with Gasteiger partial charge in [-0.25, -0.2) is 5.43 Å². The minimum atomic E-state index is -0.564. The van der Waals surface area contributed by atoms with Crippen molar-refractivity contribution < 1.29 is 14.5 Å². The number of nitrogens with zero attached hydrogens (tertiary/aromatic N) is 2. The third-order valence-corrected chi connectivity index (χ3v) is 3.71. The third-order valence-electron chi connectivity index (χ3n) is 3.46. The highest BCUT2D eigenvalue weighted by Crippen LogP contribution is 2.12. The summed E-state index contributed by atoms with van der Waals surface area (Å²) in [5, 5.41) is 17.8. The number of nitro groups is 1. The lowest BCUT2D eigenvalue weighted by Gasteiger charge is -2.05. The Morgan fingerprint density at radius 3 is 2.63 bits per heavy atom. The van der Waals surface area contributed by atoms with Crippen molar-refractivity contribution >= 4 is 35.3 Å². The first kappa shape index (κ1) is 20.1. The van der Waals surface area contributed by atoms with Crippen LogP contribution in [0.25, 0.3) is 0 Å². The summed E-state index contributed by atoms with van der Waals surface area (Å²) in [6, 6.07) is 12.4. The van der Waals surface area contributed by atoms with Crippen LogP contribution in [-0.4, -0.2) is 29.5 Å². The van der Waals surface area contributed by atoms with Gasteiger partial charge in [0.2, 0.25) is 5.91 Å². The number of carbonyl (C=O) groups is 2. The normalized spacial score (nSPS) is 10.6. The average molecular weight is 389 g/mol. The first-order chi connectivity index (χ1) is 13.0. The van der Waals surface area contributed by atoms with E-state index < -0.39 is 10.8 Å². The molecule has 2 aromatic rings. The van der Waals surface area contributed by atoms with E-state index in [2.05, 4.69) is 15.8 Å². The van der Waals surface area contributed by atoms with Crippen molar-refractivity contribution in [3.8, 4) is 0 Å². The Hall–Kier alpha value is -3.26. The summed E-state index contributed by atoms with van der Waals surface area (Å²) < 4.78 is 0. The number of hydrogen-bond donors (Lipinski definition) is 2. The van der Waals surface area contributed by atoms with Crippen LogP contribution in [0.15, 0.2) is 53.6 Å². The zero-order valence-corrected chi connectivity index (χ0v) is 15.0. The predicted octanol–water partition coefficient (Wildman–Crippen LogP) is 2.91. The van der Waals surface area contributed by atoms with E-state index in [9.17, 15) is 19.7 Å². The van der Waals surface area contributed by atoms with Crippen LogP contribution in [0.4, 0.5) is 5.69 Å². The van der Waals surface area contributed by atoms with Crippen molar-refractivity contribution in [1.82, 2.24) is 10.7 Å². The fourth-order valence-electron chi connectivity index (χ4n) is 2.10. The number of amides is 2. The Morgan fingerprint density at radius 1 is 1.19 bits per heavy atom. The minimum absolute atomic E-state index is 0.152. The highest BCUT2D eigenvalue weighted by Gasteiger charge is 2.11. The van der Waals surface area contributed by atoms with Gasteiger partial charge >= 0.3 is 0 Å². The smallest absolute Gasteiger partial charge is 0.270 e. The first-order valence-electron chi connectivity index (χ1n) is 8.06. The number of nitrogens with one attached hydrogen (secondary N) is 2. The van der Waals surface area contributed by atoms with E-state index in [4.69, 9.17) is 11.6 Å². The molecule has 2 aromatic carbocycles. The molecule has 2 N–H and O–H groups in total.